The lowest BCUT2D eigenvalue weighted by molar-refractivity contribution is -0.139. The number of benzene rings is 1. The molecule has 0 saturated carbocycles. The van der Waals surface area contributed by atoms with Crippen molar-refractivity contribution in [2.45, 2.75) is 11.3 Å². The number of Topliss-reactive ketones (excluding diaryl/α,β-unsaturated/α-hetero) is 1. The van der Waals surface area contributed by atoms with Crippen LogP contribution in [0.15, 0.2) is 29.2 Å². The predicted molar refractivity (Wildman–Crippen MR) is 79.1 cm³/mol. The zero-order valence-corrected chi connectivity index (χ0v) is 13.6. The molecule has 0 amide bonds. The summed E-state index contributed by atoms with van der Waals surface area (Å²) in [4.78, 5) is 22.9. The fraction of sp³-hybridized carbons (Fsp3) is 0.429. The molecule has 0 N–H and O–H groups in total. The Labute approximate surface area is 129 Å². The van der Waals surface area contributed by atoms with Gasteiger partial charge in [0, 0.05) is 26.3 Å². The van der Waals surface area contributed by atoms with Crippen molar-refractivity contribution in [1.29, 1.82) is 0 Å². The standard InChI is InChI=1S/C14H19NO6S/c1-15(8-9-20-2)22(18,19)12-6-4-11(5-7-12)13(16)10-14(17)21-3/h4-7H,8-10H2,1-3H3. The van der Waals surface area contributed by atoms with E-state index in [0.29, 0.717) is 0 Å². The van der Waals surface area contributed by atoms with Crippen LogP contribution < -0.4 is 0 Å². The second-order valence-corrected chi connectivity index (χ2v) is 6.56. The molecule has 22 heavy (non-hydrogen) atoms. The van der Waals surface area contributed by atoms with Gasteiger partial charge in [0.15, 0.2) is 5.78 Å². The topological polar surface area (TPSA) is 90.0 Å². The molecule has 1 rings (SSSR count). The third-order valence-corrected chi connectivity index (χ3v) is 4.90. The maximum absolute atomic E-state index is 12.3. The van der Waals surface area contributed by atoms with E-state index >= 15 is 0 Å². The second-order valence-electron chi connectivity index (χ2n) is 4.52. The largest absolute Gasteiger partial charge is 0.469 e. The van der Waals surface area contributed by atoms with Gasteiger partial charge in [0.05, 0.1) is 18.6 Å². The lowest BCUT2D eigenvalue weighted by atomic mass is 10.1. The van der Waals surface area contributed by atoms with Crippen LogP contribution in [-0.2, 0) is 24.3 Å². The van der Waals surface area contributed by atoms with Crippen LogP contribution in [0.2, 0.25) is 0 Å². The van der Waals surface area contributed by atoms with Crippen LogP contribution in [0.25, 0.3) is 0 Å². The molecule has 0 unspecified atom stereocenters. The van der Waals surface area contributed by atoms with Crippen molar-refractivity contribution in [3.8, 4) is 0 Å². The highest BCUT2D eigenvalue weighted by Crippen LogP contribution is 2.16. The Morgan fingerprint density at radius 1 is 1.14 bits per heavy atom. The van der Waals surface area contributed by atoms with E-state index in [9.17, 15) is 18.0 Å². The number of carbonyl (C=O) groups excluding carboxylic acids is 2. The van der Waals surface area contributed by atoms with Crippen molar-refractivity contribution in [1.82, 2.24) is 4.31 Å². The van der Waals surface area contributed by atoms with Gasteiger partial charge >= 0.3 is 5.97 Å². The van der Waals surface area contributed by atoms with Crippen LogP contribution in [0.5, 0.6) is 0 Å². The molecule has 0 aliphatic rings. The number of esters is 1. The lowest BCUT2D eigenvalue weighted by Crippen LogP contribution is -2.30. The van der Waals surface area contributed by atoms with Crippen LogP contribution >= 0.6 is 0 Å². The quantitative estimate of drug-likeness (QED) is 0.396. The molecule has 0 atom stereocenters. The van der Waals surface area contributed by atoms with E-state index in [1.165, 1.54) is 49.8 Å². The summed E-state index contributed by atoms with van der Waals surface area (Å²) in [6, 6.07) is 5.43. The van der Waals surface area contributed by atoms with Gasteiger partial charge in [-0.05, 0) is 12.1 Å². The normalized spacial score (nSPS) is 11.5. The summed E-state index contributed by atoms with van der Waals surface area (Å²) in [7, 11) is 0.502. The monoisotopic (exact) mass is 329 g/mol. The molecule has 0 heterocycles. The van der Waals surface area contributed by atoms with E-state index in [1.807, 2.05) is 0 Å². The summed E-state index contributed by atoms with van der Waals surface area (Å²) >= 11 is 0. The van der Waals surface area contributed by atoms with Crippen molar-refractivity contribution in [3.05, 3.63) is 29.8 Å². The number of ketones is 1. The molecular weight excluding hydrogens is 310 g/mol. The average Bonchev–Trinajstić information content (AvgIpc) is 2.52. The first-order chi connectivity index (χ1) is 10.3. The third kappa shape index (κ3) is 4.62. The fourth-order valence-corrected chi connectivity index (χ4v) is 2.79. The Morgan fingerprint density at radius 2 is 1.73 bits per heavy atom. The highest BCUT2D eigenvalue weighted by molar-refractivity contribution is 7.89. The minimum absolute atomic E-state index is 0.0701. The molecule has 0 spiro atoms. The van der Waals surface area contributed by atoms with Gasteiger partial charge in [-0.2, -0.15) is 4.31 Å². The van der Waals surface area contributed by atoms with Gasteiger partial charge in [0.1, 0.15) is 6.42 Å². The Morgan fingerprint density at radius 3 is 2.23 bits per heavy atom. The van der Waals surface area contributed by atoms with E-state index in [4.69, 9.17) is 4.74 Å². The van der Waals surface area contributed by atoms with E-state index in [2.05, 4.69) is 4.74 Å². The number of carbonyl (C=O) groups is 2. The minimum atomic E-state index is -3.63. The number of rotatable bonds is 8. The van der Waals surface area contributed by atoms with Gasteiger partial charge in [-0.3, -0.25) is 9.59 Å². The number of methoxy groups -OCH3 is 2. The van der Waals surface area contributed by atoms with Crippen molar-refractivity contribution in [2.24, 2.45) is 0 Å². The Hall–Kier alpha value is -1.77. The zero-order valence-electron chi connectivity index (χ0n) is 12.7. The van der Waals surface area contributed by atoms with Crippen LogP contribution in [0.1, 0.15) is 16.8 Å². The lowest BCUT2D eigenvalue weighted by Gasteiger charge is -2.16. The molecule has 1 aromatic carbocycles. The van der Waals surface area contributed by atoms with Crippen molar-refractivity contribution in [2.75, 3.05) is 34.4 Å². The number of likely N-dealkylation sites (N-methyl/N-ethyl adjacent to an activating group) is 1. The molecule has 0 aliphatic heterocycles. The summed E-state index contributed by atoms with van der Waals surface area (Å²) in [5, 5.41) is 0. The molecule has 0 bridgehead atoms. The van der Waals surface area contributed by atoms with E-state index in [0.717, 1.165) is 0 Å². The number of ether oxygens (including phenoxy) is 2. The first-order valence-corrected chi connectivity index (χ1v) is 7.92. The third-order valence-electron chi connectivity index (χ3n) is 3.03. The molecule has 7 nitrogen and oxygen atoms in total. The summed E-state index contributed by atoms with van der Waals surface area (Å²) in [5.74, 6) is -1.07. The Bertz CT molecular complexity index is 623. The summed E-state index contributed by atoms with van der Waals surface area (Å²) < 4.78 is 34.9. The summed E-state index contributed by atoms with van der Waals surface area (Å²) in [6.07, 6.45) is -0.379. The van der Waals surface area contributed by atoms with Gasteiger partial charge in [0.2, 0.25) is 10.0 Å². The molecule has 0 fully saturated rings. The summed E-state index contributed by atoms with van der Waals surface area (Å²) in [6.45, 7) is 0.507. The first-order valence-electron chi connectivity index (χ1n) is 6.48. The van der Waals surface area contributed by atoms with Crippen LogP contribution in [0.3, 0.4) is 0 Å². The SMILES string of the molecule is COCCN(C)S(=O)(=O)c1ccc(C(=O)CC(=O)OC)cc1. The van der Waals surface area contributed by atoms with E-state index < -0.39 is 21.8 Å². The molecular formula is C14H19NO6S. The fourth-order valence-electron chi connectivity index (χ4n) is 1.64. The number of sulfonamides is 1. The predicted octanol–water partition coefficient (Wildman–Crippen LogP) is 0.699. The van der Waals surface area contributed by atoms with Gasteiger partial charge in [-0.25, -0.2) is 8.42 Å². The molecule has 0 radical (unpaired) electrons. The van der Waals surface area contributed by atoms with Gasteiger partial charge in [0.25, 0.3) is 0 Å². The highest BCUT2D eigenvalue weighted by atomic mass is 32.2. The molecule has 0 aliphatic carbocycles. The number of nitrogens with zero attached hydrogens (tertiary/aromatic N) is 1. The maximum atomic E-state index is 12.3. The molecule has 1 aromatic rings. The van der Waals surface area contributed by atoms with E-state index in [1.54, 1.807) is 0 Å². The van der Waals surface area contributed by atoms with Gasteiger partial charge in [-0.1, -0.05) is 12.1 Å². The van der Waals surface area contributed by atoms with Gasteiger partial charge in [-0.15, -0.1) is 0 Å². The molecule has 0 saturated heterocycles. The minimum Gasteiger partial charge on any atom is -0.469 e. The Kier molecular flexibility index (Phi) is 6.66. The Balaban J connectivity index is 2.88. The van der Waals surface area contributed by atoms with Crippen LogP contribution in [0.4, 0.5) is 0 Å². The summed E-state index contributed by atoms with van der Waals surface area (Å²) in [5.41, 5.74) is 0.254. The number of hydrogen-bond acceptors (Lipinski definition) is 6. The highest BCUT2D eigenvalue weighted by Gasteiger charge is 2.21. The zero-order chi connectivity index (χ0) is 16.8. The van der Waals surface area contributed by atoms with Crippen LogP contribution in [-0.4, -0.2) is 58.9 Å². The molecule has 122 valence electrons. The number of hydrogen-bond donors (Lipinski definition) is 0. The average molecular weight is 329 g/mol. The van der Waals surface area contributed by atoms with Crippen LogP contribution in [0, 0.1) is 0 Å². The van der Waals surface area contributed by atoms with Crippen molar-refractivity contribution in [3.63, 3.8) is 0 Å². The molecule has 0 aromatic heterocycles. The smallest absolute Gasteiger partial charge is 0.313 e. The van der Waals surface area contributed by atoms with E-state index in [-0.39, 0.29) is 30.0 Å². The van der Waals surface area contributed by atoms with Crippen molar-refractivity contribution < 1.29 is 27.5 Å². The second kappa shape index (κ2) is 8.02. The van der Waals surface area contributed by atoms with Gasteiger partial charge < -0.3 is 9.47 Å². The maximum Gasteiger partial charge on any atom is 0.313 e. The molecule has 8 heteroatoms. The first kappa shape index (κ1) is 18.3. The van der Waals surface area contributed by atoms with Crippen molar-refractivity contribution >= 4 is 21.8 Å².